The first-order valence-corrected chi connectivity index (χ1v) is 13.9. The first-order chi connectivity index (χ1) is 17.4. The zero-order valence-electron chi connectivity index (χ0n) is 20.3. The number of carbonyl (C=O) groups excluding carboxylic acids is 2. The summed E-state index contributed by atoms with van der Waals surface area (Å²) in [7, 11) is -2.27. The van der Waals surface area contributed by atoms with Gasteiger partial charge in [-0.2, -0.15) is 0 Å². The molecule has 188 valence electrons. The highest BCUT2D eigenvalue weighted by Crippen LogP contribution is 2.33. The molecule has 0 spiro atoms. The van der Waals surface area contributed by atoms with Crippen LogP contribution in [0.15, 0.2) is 91.0 Å². The van der Waals surface area contributed by atoms with E-state index < -0.39 is 33.0 Å². The molecule has 3 aromatic rings. The first-order valence-electron chi connectivity index (χ1n) is 12.1. The van der Waals surface area contributed by atoms with E-state index in [-0.39, 0.29) is 24.6 Å². The van der Waals surface area contributed by atoms with Gasteiger partial charge in [-0.1, -0.05) is 91.0 Å². The van der Waals surface area contributed by atoms with E-state index in [2.05, 4.69) is 0 Å². The molecule has 1 fully saturated rings. The molecule has 0 radical (unpaired) electrons. The van der Waals surface area contributed by atoms with Gasteiger partial charge in [-0.3, -0.25) is 4.79 Å². The zero-order valence-corrected chi connectivity index (χ0v) is 21.1. The van der Waals surface area contributed by atoms with Gasteiger partial charge in [-0.05, 0) is 36.0 Å². The van der Waals surface area contributed by atoms with Crippen molar-refractivity contribution in [1.82, 2.24) is 4.90 Å². The van der Waals surface area contributed by atoms with Gasteiger partial charge in [0.25, 0.3) is 0 Å². The number of rotatable bonds is 9. The molecule has 6 nitrogen and oxygen atoms in total. The van der Waals surface area contributed by atoms with Crippen molar-refractivity contribution in [2.75, 3.05) is 19.4 Å². The minimum Gasteiger partial charge on any atom is -0.467 e. The second-order valence-electron chi connectivity index (χ2n) is 9.10. The molecule has 1 amide bonds. The summed E-state index contributed by atoms with van der Waals surface area (Å²) in [5.74, 6) is -1.54. The van der Waals surface area contributed by atoms with Crippen LogP contribution in [0.5, 0.6) is 0 Å². The fourth-order valence-electron chi connectivity index (χ4n) is 4.88. The smallest absolute Gasteiger partial charge is 0.328 e. The highest BCUT2D eigenvalue weighted by Gasteiger charge is 2.46. The van der Waals surface area contributed by atoms with Crippen molar-refractivity contribution in [3.8, 4) is 0 Å². The lowest BCUT2D eigenvalue weighted by molar-refractivity contribution is -0.151. The molecule has 3 aromatic carbocycles. The molecule has 1 aliphatic rings. The van der Waals surface area contributed by atoms with Gasteiger partial charge in [0, 0.05) is 6.54 Å². The number of carbonyl (C=O) groups is 2. The van der Waals surface area contributed by atoms with Crippen molar-refractivity contribution in [3.05, 3.63) is 108 Å². The Balaban J connectivity index is 1.57. The van der Waals surface area contributed by atoms with Crippen LogP contribution in [0.3, 0.4) is 0 Å². The summed E-state index contributed by atoms with van der Waals surface area (Å²) in [6, 6.07) is 27.5. The fraction of sp³-hybridized carbons (Fsp3) is 0.310. The van der Waals surface area contributed by atoms with E-state index in [1.807, 2.05) is 91.0 Å². The highest BCUT2D eigenvalue weighted by molar-refractivity contribution is 7.92. The maximum Gasteiger partial charge on any atom is 0.328 e. The highest BCUT2D eigenvalue weighted by atomic mass is 32.2. The van der Waals surface area contributed by atoms with Gasteiger partial charge in [-0.15, -0.1) is 0 Å². The maximum atomic E-state index is 14.0. The van der Waals surface area contributed by atoms with Crippen molar-refractivity contribution < 1.29 is 22.7 Å². The summed E-state index contributed by atoms with van der Waals surface area (Å²) in [6.07, 6.45) is 1.18. The molecule has 36 heavy (non-hydrogen) atoms. The molecule has 1 heterocycles. The van der Waals surface area contributed by atoms with Crippen LogP contribution in [0.25, 0.3) is 0 Å². The number of benzene rings is 3. The molecule has 0 aliphatic carbocycles. The van der Waals surface area contributed by atoms with Crippen LogP contribution in [0.1, 0.15) is 35.4 Å². The minimum absolute atomic E-state index is 0.00326. The molecule has 2 atom stereocenters. The molecule has 1 saturated heterocycles. The third kappa shape index (κ3) is 5.85. The summed E-state index contributed by atoms with van der Waals surface area (Å²) in [5, 5.41) is -0.812. The van der Waals surface area contributed by atoms with Crippen LogP contribution in [0.4, 0.5) is 0 Å². The molecule has 0 N–H and O–H groups in total. The molecule has 0 aromatic heterocycles. The second kappa shape index (κ2) is 11.5. The Morgan fingerprint density at radius 3 is 1.94 bits per heavy atom. The molecular formula is C29H31NO5S. The lowest BCUT2D eigenvalue weighted by atomic mass is 9.90. The Bertz CT molecular complexity index is 1220. The van der Waals surface area contributed by atoms with Crippen molar-refractivity contribution in [3.63, 3.8) is 0 Å². The lowest BCUT2D eigenvalue weighted by Gasteiger charge is -2.28. The number of ether oxygens (including phenoxy) is 1. The Kier molecular flexibility index (Phi) is 8.21. The minimum atomic E-state index is -3.53. The van der Waals surface area contributed by atoms with Crippen LogP contribution in [0.2, 0.25) is 0 Å². The van der Waals surface area contributed by atoms with Gasteiger partial charge < -0.3 is 9.64 Å². The van der Waals surface area contributed by atoms with E-state index >= 15 is 0 Å². The van der Waals surface area contributed by atoms with Gasteiger partial charge in [-0.25, -0.2) is 13.2 Å². The fourth-order valence-corrected chi connectivity index (χ4v) is 6.63. The van der Waals surface area contributed by atoms with Crippen LogP contribution in [0, 0.1) is 0 Å². The summed E-state index contributed by atoms with van der Waals surface area (Å²) in [5.41, 5.74) is 2.65. The molecule has 4 rings (SSSR count). The van der Waals surface area contributed by atoms with E-state index in [1.54, 1.807) is 0 Å². The second-order valence-corrected chi connectivity index (χ2v) is 11.5. The van der Waals surface area contributed by atoms with Crippen molar-refractivity contribution in [1.29, 1.82) is 0 Å². The van der Waals surface area contributed by atoms with E-state index in [4.69, 9.17) is 4.74 Å². The van der Waals surface area contributed by atoms with Crippen molar-refractivity contribution >= 4 is 21.7 Å². The largest absolute Gasteiger partial charge is 0.467 e. The van der Waals surface area contributed by atoms with Crippen LogP contribution in [-0.2, 0) is 30.6 Å². The summed E-state index contributed by atoms with van der Waals surface area (Å²) in [4.78, 5) is 28.1. The van der Waals surface area contributed by atoms with E-state index in [0.29, 0.717) is 12.8 Å². The monoisotopic (exact) mass is 505 g/mol. The topological polar surface area (TPSA) is 80.8 Å². The predicted molar refractivity (Wildman–Crippen MR) is 139 cm³/mol. The standard InChI is InChI=1S/C29H31NO5S/c1-35-29(32)26-20-25(36(33,34)19-11-14-22-12-5-2-6-13-22)21-30(26)28(31)27(23-15-7-3-8-16-23)24-17-9-4-10-18-24/h2-10,12-13,15-18,25-27H,11,14,19-21H2,1H3/t25-,26-/m0/s1. The number of sulfone groups is 1. The average Bonchev–Trinajstić information content (AvgIpc) is 3.37. The quantitative estimate of drug-likeness (QED) is 0.411. The normalized spacial score (nSPS) is 17.8. The Labute approximate surface area is 212 Å². The number of hydrogen-bond acceptors (Lipinski definition) is 5. The molecule has 1 aliphatic heterocycles. The van der Waals surface area contributed by atoms with E-state index in [1.165, 1.54) is 12.0 Å². The number of amides is 1. The summed E-state index contributed by atoms with van der Waals surface area (Å²) >= 11 is 0. The van der Waals surface area contributed by atoms with Gasteiger partial charge in [0.05, 0.1) is 24.0 Å². The number of methoxy groups -OCH3 is 1. The van der Waals surface area contributed by atoms with Gasteiger partial charge in [0.15, 0.2) is 9.84 Å². The number of likely N-dealkylation sites (tertiary alicyclic amines) is 1. The number of hydrogen-bond donors (Lipinski definition) is 0. The molecule has 7 heteroatoms. The SMILES string of the molecule is COC(=O)[C@@H]1C[C@H](S(=O)(=O)CCCc2ccccc2)CN1C(=O)C(c1ccccc1)c1ccccc1. The number of nitrogens with zero attached hydrogens (tertiary/aromatic N) is 1. The summed E-state index contributed by atoms with van der Waals surface area (Å²) in [6.45, 7) is -0.0254. The lowest BCUT2D eigenvalue weighted by Crippen LogP contribution is -2.44. The number of esters is 1. The van der Waals surface area contributed by atoms with Crippen LogP contribution < -0.4 is 0 Å². The third-order valence-corrected chi connectivity index (χ3v) is 8.99. The summed E-state index contributed by atoms with van der Waals surface area (Å²) < 4.78 is 31.5. The number of aryl methyl sites for hydroxylation is 1. The molecule has 0 unspecified atom stereocenters. The van der Waals surface area contributed by atoms with Crippen molar-refractivity contribution in [2.45, 2.75) is 36.5 Å². The van der Waals surface area contributed by atoms with Crippen LogP contribution >= 0.6 is 0 Å². The van der Waals surface area contributed by atoms with Gasteiger partial charge in [0.2, 0.25) is 5.91 Å². The first kappa shape index (κ1) is 25.6. The Morgan fingerprint density at radius 1 is 0.889 bits per heavy atom. The maximum absolute atomic E-state index is 14.0. The Morgan fingerprint density at radius 2 is 1.42 bits per heavy atom. The zero-order chi connectivity index (χ0) is 25.5. The Hall–Kier alpha value is -3.45. The van der Waals surface area contributed by atoms with Crippen LogP contribution in [-0.4, -0.2) is 55.9 Å². The molecule has 0 bridgehead atoms. The van der Waals surface area contributed by atoms with E-state index in [0.717, 1.165) is 16.7 Å². The third-order valence-electron chi connectivity index (χ3n) is 6.78. The van der Waals surface area contributed by atoms with Crippen molar-refractivity contribution in [2.24, 2.45) is 0 Å². The van der Waals surface area contributed by atoms with E-state index in [9.17, 15) is 18.0 Å². The molecule has 0 saturated carbocycles. The predicted octanol–water partition coefficient (Wildman–Crippen LogP) is 4.01. The van der Waals surface area contributed by atoms with Gasteiger partial charge in [0.1, 0.15) is 6.04 Å². The molecular weight excluding hydrogens is 474 g/mol. The average molecular weight is 506 g/mol. The van der Waals surface area contributed by atoms with Gasteiger partial charge >= 0.3 is 5.97 Å².